The number of aliphatic hydroxyl groups is 1. The van der Waals surface area contributed by atoms with Crippen LogP contribution in [0.25, 0.3) is 22.4 Å². The van der Waals surface area contributed by atoms with Gasteiger partial charge in [0.05, 0.1) is 34.8 Å². The fourth-order valence-corrected chi connectivity index (χ4v) is 9.73. The van der Waals surface area contributed by atoms with E-state index in [1.807, 2.05) is 29.4 Å². The van der Waals surface area contributed by atoms with Gasteiger partial charge in [-0.25, -0.2) is 4.79 Å². The molecular formula is C56H53N5O3. The fraction of sp³-hybridized carbons (Fsp3) is 0.196. The summed E-state index contributed by atoms with van der Waals surface area (Å²) in [5.41, 5.74) is 11.1. The molecule has 0 saturated heterocycles. The summed E-state index contributed by atoms with van der Waals surface area (Å²) in [6.07, 6.45) is 9.59. The van der Waals surface area contributed by atoms with Crippen LogP contribution in [0, 0.1) is 0 Å². The van der Waals surface area contributed by atoms with E-state index in [1.54, 1.807) is 20.8 Å². The van der Waals surface area contributed by atoms with E-state index in [-0.39, 0.29) is 6.61 Å². The highest BCUT2D eigenvalue weighted by atomic mass is 16.5. The number of ether oxygens (including phenoxy) is 1. The van der Waals surface area contributed by atoms with Gasteiger partial charge in [0, 0.05) is 34.9 Å². The molecule has 1 aromatic heterocycles. The van der Waals surface area contributed by atoms with Gasteiger partial charge in [-0.1, -0.05) is 141 Å². The highest BCUT2D eigenvalue weighted by Crippen LogP contribution is 2.50. The molecule has 3 aliphatic rings. The first-order valence-electron chi connectivity index (χ1n) is 22.1. The second-order valence-corrected chi connectivity index (χ2v) is 17.1. The molecule has 6 aromatic rings. The van der Waals surface area contributed by atoms with E-state index in [4.69, 9.17) is 14.7 Å². The Morgan fingerprint density at radius 2 is 1.33 bits per heavy atom. The highest BCUT2D eigenvalue weighted by Gasteiger charge is 2.48. The van der Waals surface area contributed by atoms with Crippen LogP contribution in [0.15, 0.2) is 208 Å². The minimum atomic E-state index is -1.29. The number of carbonyl (C=O) groups is 1. The molecule has 0 radical (unpaired) electrons. The van der Waals surface area contributed by atoms with Crippen molar-refractivity contribution in [2.45, 2.75) is 64.1 Å². The summed E-state index contributed by atoms with van der Waals surface area (Å²) in [5.74, 6) is -0.473. The number of aromatic amines is 1. The normalized spacial score (nSPS) is 18.4. The van der Waals surface area contributed by atoms with Gasteiger partial charge in [-0.05, 0) is 104 Å². The van der Waals surface area contributed by atoms with Gasteiger partial charge in [-0.2, -0.15) is 0 Å². The Balaban J connectivity index is 1.08. The van der Waals surface area contributed by atoms with E-state index < -0.39 is 22.6 Å². The van der Waals surface area contributed by atoms with Crippen molar-refractivity contribution in [1.29, 1.82) is 0 Å². The van der Waals surface area contributed by atoms with E-state index >= 15 is 0 Å². The molecule has 5 aromatic carbocycles. The quantitative estimate of drug-likeness (QED) is 0.0794. The number of anilines is 1. The van der Waals surface area contributed by atoms with Gasteiger partial charge in [-0.15, -0.1) is 0 Å². The lowest BCUT2D eigenvalue weighted by atomic mass is 9.63. The van der Waals surface area contributed by atoms with Crippen molar-refractivity contribution in [3.8, 4) is 22.4 Å². The SMILES string of the molecule is CCCC1(C)NC(C(C)(C)O)=C(C(=O)OCC)N1c1ccc(-c2ccccc2-c2ccc(C3=NC=CC3=C3N=CC=C3C(c3ccccc3)(c3ccccc3)c3ccccc3)[nH]2)cc1. The molecule has 0 amide bonds. The van der Waals surface area contributed by atoms with Crippen LogP contribution in [0.5, 0.6) is 0 Å². The van der Waals surface area contributed by atoms with Gasteiger partial charge in [0.25, 0.3) is 0 Å². The molecular weight excluding hydrogens is 791 g/mol. The molecule has 3 N–H and O–H groups in total. The number of H-pyrrole nitrogens is 1. The maximum atomic E-state index is 13.6. The second-order valence-electron chi connectivity index (χ2n) is 17.1. The van der Waals surface area contributed by atoms with Crippen molar-refractivity contribution in [2.75, 3.05) is 11.5 Å². The largest absolute Gasteiger partial charge is 0.461 e. The van der Waals surface area contributed by atoms with Crippen LogP contribution in [0.1, 0.15) is 69.8 Å². The molecule has 0 spiro atoms. The Morgan fingerprint density at radius 3 is 1.91 bits per heavy atom. The Hall–Kier alpha value is -7.29. The van der Waals surface area contributed by atoms with E-state index in [2.05, 4.69) is 176 Å². The maximum absolute atomic E-state index is 13.6. The van der Waals surface area contributed by atoms with Crippen LogP contribution in [-0.2, 0) is 14.9 Å². The number of esters is 1. The van der Waals surface area contributed by atoms with Crippen LogP contribution in [0.2, 0.25) is 0 Å². The van der Waals surface area contributed by atoms with Gasteiger partial charge in [0.15, 0.2) is 5.70 Å². The monoisotopic (exact) mass is 843 g/mol. The van der Waals surface area contributed by atoms with Crippen LogP contribution >= 0.6 is 0 Å². The molecule has 320 valence electrons. The summed E-state index contributed by atoms with van der Waals surface area (Å²) in [6, 6.07) is 52.9. The van der Waals surface area contributed by atoms with Crippen molar-refractivity contribution in [2.24, 2.45) is 9.98 Å². The Labute approximate surface area is 375 Å². The zero-order valence-corrected chi connectivity index (χ0v) is 37.0. The van der Waals surface area contributed by atoms with Crippen LogP contribution in [0.3, 0.4) is 0 Å². The van der Waals surface area contributed by atoms with Gasteiger partial charge in [-0.3, -0.25) is 9.98 Å². The number of nitrogens with zero attached hydrogens (tertiary/aromatic N) is 3. The fourth-order valence-electron chi connectivity index (χ4n) is 9.73. The number of nitrogens with one attached hydrogen (secondary N) is 2. The number of carbonyl (C=O) groups excluding carboxylic acids is 1. The van der Waals surface area contributed by atoms with E-state index in [0.717, 1.165) is 85.9 Å². The van der Waals surface area contributed by atoms with Crippen molar-refractivity contribution >= 4 is 23.6 Å². The van der Waals surface area contributed by atoms with E-state index in [1.165, 1.54) is 0 Å². The average molecular weight is 844 g/mol. The van der Waals surface area contributed by atoms with Crippen molar-refractivity contribution < 1.29 is 14.6 Å². The third-order valence-electron chi connectivity index (χ3n) is 12.4. The molecule has 0 bridgehead atoms. The highest BCUT2D eigenvalue weighted by molar-refractivity contribution is 6.17. The summed E-state index contributed by atoms with van der Waals surface area (Å²) in [4.78, 5) is 29.4. The molecule has 4 heterocycles. The number of allylic oxidation sites excluding steroid dienone is 4. The molecule has 9 rings (SSSR count). The number of hydrogen-bond acceptors (Lipinski definition) is 7. The number of rotatable bonds is 13. The standard InChI is InChI=1S/C56H53N5O3/c1-6-35-55(5)60-52(54(3,4)63)51(53(62)64-7-2)61(55)42-29-27-38(28-30-42)43-25-17-18-26-44(43)47-31-32-48(59-47)50-45(33-36-58-50)49-46(34-37-57-49)56(39-19-11-8-12-20-39,40-21-13-9-14-22-40)41-23-15-10-16-24-41/h8-34,36-37,59-60,63H,6-7,35H2,1-5H3. The molecule has 8 nitrogen and oxygen atoms in total. The topological polar surface area (TPSA) is 102 Å². The van der Waals surface area contributed by atoms with Crippen molar-refractivity contribution in [1.82, 2.24) is 10.3 Å². The predicted molar refractivity (Wildman–Crippen MR) is 259 cm³/mol. The summed E-state index contributed by atoms with van der Waals surface area (Å²) < 4.78 is 5.56. The first-order valence-corrected chi connectivity index (χ1v) is 22.1. The summed E-state index contributed by atoms with van der Waals surface area (Å²) >= 11 is 0. The minimum absolute atomic E-state index is 0.224. The molecule has 0 aliphatic carbocycles. The Bertz CT molecular complexity index is 2780. The predicted octanol–water partition coefficient (Wildman–Crippen LogP) is 11.4. The average Bonchev–Trinajstić information content (AvgIpc) is 4.15. The lowest BCUT2D eigenvalue weighted by Gasteiger charge is -2.38. The van der Waals surface area contributed by atoms with E-state index in [0.29, 0.717) is 11.4 Å². The van der Waals surface area contributed by atoms with Crippen LogP contribution in [-0.4, -0.2) is 45.9 Å². The Kier molecular flexibility index (Phi) is 11.2. The molecule has 8 heteroatoms. The molecule has 3 aliphatic heterocycles. The zero-order chi connectivity index (χ0) is 44.5. The van der Waals surface area contributed by atoms with Crippen molar-refractivity contribution in [3.63, 3.8) is 0 Å². The lowest BCUT2D eigenvalue weighted by Crippen LogP contribution is -2.52. The van der Waals surface area contributed by atoms with Crippen LogP contribution in [0.4, 0.5) is 5.69 Å². The van der Waals surface area contributed by atoms with Crippen molar-refractivity contribution in [3.05, 3.63) is 221 Å². The number of aliphatic imine (C=N–C) groups is 2. The first-order chi connectivity index (χ1) is 31.1. The van der Waals surface area contributed by atoms with Crippen LogP contribution < -0.4 is 10.2 Å². The molecule has 64 heavy (non-hydrogen) atoms. The lowest BCUT2D eigenvalue weighted by molar-refractivity contribution is -0.138. The summed E-state index contributed by atoms with van der Waals surface area (Å²) in [5, 5.41) is 14.8. The summed E-state index contributed by atoms with van der Waals surface area (Å²) in [7, 11) is 0. The minimum Gasteiger partial charge on any atom is -0.461 e. The van der Waals surface area contributed by atoms with Gasteiger partial charge < -0.3 is 25.0 Å². The first kappa shape index (κ1) is 42.0. The molecule has 1 unspecified atom stereocenters. The second kappa shape index (κ2) is 17.1. The van der Waals surface area contributed by atoms with Gasteiger partial charge in [0.2, 0.25) is 0 Å². The maximum Gasteiger partial charge on any atom is 0.356 e. The number of benzene rings is 5. The number of hydrogen-bond donors (Lipinski definition) is 3. The molecule has 0 fully saturated rings. The Morgan fingerprint density at radius 1 is 0.750 bits per heavy atom. The van der Waals surface area contributed by atoms with Gasteiger partial charge in [0.1, 0.15) is 11.3 Å². The van der Waals surface area contributed by atoms with Gasteiger partial charge >= 0.3 is 5.97 Å². The zero-order valence-electron chi connectivity index (χ0n) is 37.0. The van der Waals surface area contributed by atoms with E-state index in [9.17, 15) is 9.90 Å². The summed E-state index contributed by atoms with van der Waals surface area (Å²) in [6.45, 7) is 9.57. The smallest absolute Gasteiger partial charge is 0.356 e. The number of aromatic nitrogens is 1. The third-order valence-corrected chi connectivity index (χ3v) is 12.4. The third kappa shape index (κ3) is 7.33. The molecule has 1 atom stereocenters. The molecule has 0 saturated carbocycles.